The summed E-state index contributed by atoms with van der Waals surface area (Å²) in [6, 6.07) is 4.53. The van der Waals surface area contributed by atoms with Crippen molar-refractivity contribution in [3.63, 3.8) is 0 Å². The Labute approximate surface area is 90.7 Å². The van der Waals surface area contributed by atoms with Crippen LogP contribution in [0.1, 0.15) is 18.4 Å². The van der Waals surface area contributed by atoms with Gasteiger partial charge in [-0.15, -0.1) is 0 Å². The molecule has 0 saturated heterocycles. The van der Waals surface area contributed by atoms with E-state index < -0.39 is 0 Å². The van der Waals surface area contributed by atoms with Crippen LogP contribution < -0.4 is 0 Å². The van der Waals surface area contributed by atoms with Crippen LogP contribution in [0.2, 0.25) is 0 Å². The number of aromatic nitrogens is 1. The van der Waals surface area contributed by atoms with E-state index in [9.17, 15) is 0 Å². The Hall–Kier alpha value is -1.27. The van der Waals surface area contributed by atoms with Crippen LogP contribution in [0, 0.1) is 16.7 Å². The smallest absolute Gasteiger partial charge is 0.0703 e. The number of nitrogens with one attached hydrogen (secondary N) is 1. The Kier molecular flexibility index (Phi) is 2.79. The lowest BCUT2D eigenvalue weighted by molar-refractivity contribution is 0.297. The van der Waals surface area contributed by atoms with Crippen molar-refractivity contribution in [1.82, 2.24) is 9.88 Å². The van der Waals surface area contributed by atoms with Crippen molar-refractivity contribution in [1.29, 1.82) is 5.26 Å². The van der Waals surface area contributed by atoms with Crippen LogP contribution in [0.4, 0.5) is 0 Å². The van der Waals surface area contributed by atoms with Gasteiger partial charge < -0.3 is 9.88 Å². The number of hydrogen-bond donors (Lipinski definition) is 1. The summed E-state index contributed by atoms with van der Waals surface area (Å²) in [5.74, 6) is 0. The predicted octanol–water partition coefficient (Wildman–Crippen LogP) is 1.79. The van der Waals surface area contributed by atoms with Crippen LogP contribution >= 0.6 is 0 Å². The normalized spacial score (nSPS) is 17.7. The maximum Gasteiger partial charge on any atom is 0.0703 e. The first kappa shape index (κ1) is 10.3. The molecule has 0 bridgehead atoms. The van der Waals surface area contributed by atoms with Gasteiger partial charge in [0.15, 0.2) is 0 Å². The van der Waals surface area contributed by atoms with Crippen LogP contribution in [0.25, 0.3) is 0 Å². The third kappa shape index (κ3) is 2.60. The molecular formula is C12H17N3. The van der Waals surface area contributed by atoms with Crippen LogP contribution in [0.3, 0.4) is 0 Å². The third-order valence-corrected chi connectivity index (χ3v) is 3.11. The molecule has 15 heavy (non-hydrogen) atoms. The fourth-order valence-corrected chi connectivity index (χ4v) is 1.89. The van der Waals surface area contributed by atoms with E-state index >= 15 is 0 Å². The summed E-state index contributed by atoms with van der Waals surface area (Å²) < 4.78 is 0. The summed E-state index contributed by atoms with van der Waals surface area (Å²) in [6.45, 7) is 1.95. The van der Waals surface area contributed by atoms with Crippen molar-refractivity contribution in [2.45, 2.75) is 19.3 Å². The van der Waals surface area contributed by atoms with Crippen LogP contribution in [0.15, 0.2) is 18.5 Å². The molecule has 1 heterocycles. The van der Waals surface area contributed by atoms with Crippen LogP contribution in [-0.2, 0) is 6.42 Å². The van der Waals surface area contributed by atoms with Crippen molar-refractivity contribution in [3.8, 4) is 6.07 Å². The number of nitriles is 1. The van der Waals surface area contributed by atoms with Gasteiger partial charge in [0.2, 0.25) is 0 Å². The quantitative estimate of drug-likeness (QED) is 0.792. The van der Waals surface area contributed by atoms with Crippen LogP contribution in [0.5, 0.6) is 0 Å². The van der Waals surface area contributed by atoms with Gasteiger partial charge in [-0.25, -0.2) is 0 Å². The summed E-state index contributed by atoms with van der Waals surface area (Å²) in [4.78, 5) is 5.32. The minimum Gasteiger partial charge on any atom is -0.367 e. The monoisotopic (exact) mass is 203 g/mol. The topological polar surface area (TPSA) is 42.8 Å². The predicted molar refractivity (Wildman–Crippen MR) is 59.3 cm³/mol. The van der Waals surface area contributed by atoms with Gasteiger partial charge in [0.25, 0.3) is 0 Å². The van der Waals surface area contributed by atoms with Crippen molar-refractivity contribution in [2.24, 2.45) is 5.41 Å². The molecule has 1 fully saturated rings. The van der Waals surface area contributed by atoms with E-state index in [4.69, 9.17) is 5.26 Å². The molecule has 1 N–H and O–H groups in total. The molecule has 0 radical (unpaired) electrons. The zero-order chi connectivity index (χ0) is 10.7. The fraction of sp³-hybridized carbons (Fsp3) is 0.583. The number of rotatable bonds is 5. The van der Waals surface area contributed by atoms with E-state index in [1.54, 1.807) is 0 Å². The lowest BCUT2D eigenvalue weighted by atomic mass is 10.1. The molecule has 0 aromatic carbocycles. The first-order valence-electron chi connectivity index (χ1n) is 5.46. The third-order valence-electron chi connectivity index (χ3n) is 3.11. The Morgan fingerprint density at radius 3 is 2.93 bits per heavy atom. The maximum atomic E-state index is 8.98. The Bertz CT molecular complexity index is 343. The molecule has 2 rings (SSSR count). The highest BCUT2D eigenvalue weighted by Gasteiger charge is 2.43. The van der Waals surface area contributed by atoms with E-state index in [0.717, 1.165) is 32.4 Å². The Morgan fingerprint density at radius 1 is 1.60 bits per heavy atom. The van der Waals surface area contributed by atoms with Crippen LogP contribution in [-0.4, -0.2) is 30.0 Å². The molecule has 3 nitrogen and oxygen atoms in total. The number of H-pyrrole nitrogens is 1. The standard InChI is InChI=1S/C12H17N3/c1-15(10-12(9-13)4-5-12)7-3-11-2-6-14-8-11/h2,6,8,14H,3-5,7,10H2,1H3. The van der Waals surface area contributed by atoms with E-state index in [-0.39, 0.29) is 5.41 Å². The maximum absolute atomic E-state index is 8.98. The van der Waals surface area contributed by atoms with Gasteiger partial charge >= 0.3 is 0 Å². The average molecular weight is 203 g/mol. The molecule has 3 heteroatoms. The van der Waals surface area contributed by atoms with Crippen molar-refractivity contribution < 1.29 is 0 Å². The zero-order valence-corrected chi connectivity index (χ0v) is 9.16. The summed E-state index contributed by atoms with van der Waals surface area (Å²) >= 11 is 0. The zero-order valence-electron chi connectivity index (χ0n) is 9.16. The number of hydrogen-bond acceptors (Lipinski definition) is 2. The lowest BCUT2D eigenvalue weighted by Gasteiger charge is -2.18. The first-order chi connectivity index (χ1) is 7.24. The van der Waals surface area contributed by atoms with E-state index in [1.807, 2.05) is 12.4 Å². The van der Waals surface area contributed by atoms with Gasteiger partial charge in [-0.2, -0.15) is 5.26 Å². The van der Waals surface area contributed by atoms with Crippen molar-refractivity contribution in [3.05, 3.63) is 24.0 Å². The molecule has 1 aliphatic carbocycles. The molecule has 1 aromatic rings. The second-order valence-corrected chi connectivity index (χ2v) is 4.60. The molecule has 80 valence electrons. The minimum absolute atomic E-state index is 0.00705. The average Bonchev–Trinajstić information content (AvgIpc) is 2.80. The molecule has 0 spiro atoms. The highest BCUT2D eigenvalue weighted by Crippen LogP contribution is 2.45. The van der Waals surface area contributed by atoms with Crippen molar-refractivity contribution in [2.75, 3.05) is 20.1 Å². The van der Waals surface area contributed by atoms with E-state index in [2.05, 4.69) is 29.1 Å². The number of aromatic amines is 1. The SMILES string of the molecule is CN(CCc1cc[nH]c1)CC1(C#N)CC1. The van der Waals surface area contributed by atoms with Gasteiger partial charge in [-0.05, 0) is 37.9 Å². The first-order valence-corrected chi connectivity index (χ1v) is 5.46. The van der Waals surface area contributed by atoms with Gasteiger partial charge in [0.05, 0.1) is 11.5 Å². The molecule has 1 aliphatic rings. The summed E-state index contributed by atoms with van der Waals surface area (Å²) in [5, 5.41) is 8.98. The van der Waals surface area contributed by atoms with Gasteiger partial charge in [-0.1, -0.05) is 0 Å². The fourth-order valence-electron chi connectivity index (χ4n) is 1.89. The van der Waals surface area contributed by atoms with E-state index in [0.29, 0.717) is 0 Å². The molecule has 0 unspecified atom stereocenters. The highest BCUT2D eigenvalue weighted by molar-refractivity contribution is 5.12. The second-order valence-electron chi connectivity index (χ2n) is 4.60. The molecule has 1 aromatic heterocycles. The van der Waals surface area contributed by atoms with E-state index in [1.165, 1.54) is 5.56 Å². The largest absolute Gasteiger partial charge is 0.367 e. The molecular weight excluding hydrogens is 186 g/mol. The number of nitrogens with zero attached hydrogens (tertiary/aromatic N) is 2. The summed E-state index contributed by atoms with van der Waals surface area (Å²) in [5.41, 5.74) is 1.33. The Morgan fingerprint density at radius 2 is 2.40 bits per heavy atom. The number of likely N-dealkylation sites (N-methyl/N-ethyl adjacent to an activating group) is 1. The molecule has 0 aliphatic heterocycles. The molecule has 0 atom stereocenters. The lowest BCUT2D eigenvalue weighted by Crippen LogP contribution is -2.28. The van der Waals surface area contributed by atoms with Gasteiger partial charge in [0.1, 0.15) is 0 Å². The minimum atomic E-state index is -0.00705. The summed E-state index contributed by atoms with van der Waals surface area (Å²) in [7, 11) is 2.10. The highest BCUT2D eigenvalue weighted by atomic mass is 15.1. The molecule has 0 amide bonds. The Balaban J connectivity index is 1.74. The molecule has 1 saturated carbocycles. The van der Waals surface area contributed by atoms with Gasteiger partial charge in [-0.3, -0.25) is 0 Å². The van der Waals surface area contributed by atoms with Gasteiger partial charge in [0, 0.05) is 25.5 Å². The summed E-state index contributed by atoms with van der Waals surface area (Å²) in [6.07, 6.45) is 7.20. The second kappa shape index (κ2) is 4.08. The van der Waals surface area contributed by atoms with Crippen molar-refractivity contribution >= 4 is 0 Å².